The maximum absolute atomic E-state index is 5.82. The van der Waals surface area contributed by atoms with E-state index >= 15 is 0 Å². The van der Waals surface area contributed by atoms with Crippen LogP contribution in [0.25, 0.3) is 0 Å². The minimum absolute atomic E-state index is 0.331. The Morgan fingerprint density at radius 3 is 2.25 bits per heavy atom. The van der Waals surface area contributed by atoms with E-state index in [1.165, 1.54) is 5.69 Å². The Bertz CT molecular complexity index is 389. The number of methoxy groups -OCH3 is 2. The van der Waals surface area contributed by atoms with Gasteiger partial charge >= 0.3 is 0 Å². The molecule has 1 saturated heterocycles. The van der Waals surface area contributed by atoms with Gasteiger partial charge in [-0.25, -0.2) is 0 Å². The van der Waals surface area contributed by atoms with Gasteiger partial charge in [0.25, 0.3) is 0 Å². The van der Waals surface area contributed by atoms with Crippen molar-refractivity contribution < 1.29 is 9.47 Å². The second-order valence-corrected chi connectivity index (χ2v) is 5.07. The zero-order valence-corrected chi connectivity index (χ0v) is 12.4. The van der Waals surface area contributed by atoms with E-state index in [1.807, 2.05) is 12.1 Å². The summed E-state index contributed by atoms with van der Waals surface area (Å²) in [6.07, 6.45) is 0. The number of hydrogen-bond donors (Lipinski definition) is 1. The molecule has 1 fully saturated rings. The van der Waals surface area contributed by atoms with Gasteiger partial charge in [-0.2, -0.15) is 0 Å². The third kappa shape index (κ3) is 3.62. The molecule has 1 aliphatic rings. The van der Waals surface area contributed by atoms with Crippen molar-refractivity contribution in [3.05, 3.63) is 24.3 Å². The minimum Gasteiger partial charge on any atom is -0.497 e. The zero-order chi connectivity index (χ0) is 14.4. The van der Waals surface area contributed by atoms with Gasteiger partial charge < -0.3 is 20.1 Å². The second kappa shape index (κ2) is 7.47. The highest BCUT2D eigenvalue weighted by Crippen LogP contribution is 2.20. The number of rotatable bonds is 6. The Kier molecular flexibility index (Phi) is 5.64. The Balaban J connectivity index is 1.89. The normalized spacial score (nSPS) is 18.1. The van der Waals surface area contributed by atoms with Crippen LogP contribution in [0, 0.1) is 0 Å². The van der Waals surface area contributed by atoms with Crippen molar-refractivity contribution in [2.75, 3.05) is 58.5 Å². The van der Waals surface area contributed by atoms with Crippen molar-refractivity contribution in [1.29, 1.82) is 0 Å². The summed E-state index contributed by atoms with van der Waals surface area (Å²) in [7, 11) is 3.42. The molecule has 0 radical (unpaired) electrons. The van der Waals surface area contributed by atoms with Crippen LogP contribution in [0.4, 0.5) is 5.69 Å². The lowest BCUT2D eigenvalue weighted by atomic mass is 10.2. The molecule has 0 aromatic heterocycles. The fourth-order valence-electron chi connectivity index (χ4n) is 2.65. The van der Waals surface area contributed by atoms with Crippen LogP contribution in [0.15, 0.2) is 24.3 Å². The molecule has 0 amide bonds. The summed E-state index contributed by atoms with van der Waals surface area (Å²) >= 11 is 0. The number of piperazine rings is 1. The van der Waals surface area contributed by atoms with E-state index in [4.69, 9.17) is 15.2 Å². The number of ether oxygens (including phenoxy) is 2. The highest BCUT2D eigenvalue weighted by atomic mass is 16.5. The average molecular weight is 279 g/mol. The van der Waals surface area contributed by atoms with Crippen LogP contribution in [0.5, 0.6) is 5.75 Å². The summed E-state index contributed by atoms with van der Waals surface area (Å²) < 4.78 is 10.4. The minimum atomic E-state index is 0.331. The van der Waals surface area contributed by atoms with Crippen molar-refractivity contribution in [3.8, 4) is 5.75 Å². The van der Waals surface area contributed by atoms with Gasteiger partial charge in [-0.3, -0.25) is 4.90 Å². The van der Waals surface area contributed by atoms with Crippen molar-refractivity contribution in [2.24, 2.45) is 5.73 Å². The molecular formula is C15H25N3O2. The largest absolute Gasteiger partial charge is 0.497 e. The molecule has 0 bridgehead atoms. The van der Waals surface area contributed by atoms with Gasteiger partial charge in [0.15, 0.2) is 0 Å². The summed E-state index contributed by atoms with van der Waals surface area (Å²) in [6, 6.07) is 8.58. The summed E-state index contributed by atoms with van der Waals surface area (Å²) in [5, 5.41) is 0. The average Bonchev–Trinajstić information content (AvgIpc) is 2.53. The topological polar surface area (TPSA) is 51.0 Å². The molecule has 20 heavy (non-hydrogen) atoms. The first-order chi connectivity index (χ1) is 9.78. The van der Waals surface area contributed by atoms with Gasteiger partial charge in [-0.1, -0.05) is 0 Å². The summed E-state index contributed by atoms with van der Waals surface area (Å²) in [4.78, 5) is 4.82. The highest BCUT2D eigenvalue weighted by Gasteiger charge is 2.22. The van der Waals surface area contributed by atoms with Crippen LogP contribution >= 0.6 is 0 Å². The van der Waals surface area contributed by atoms with Crippen molar-refractivity contribution in [2.45, 2.75) is 6.04 Å². The van der Waals surface area contributed by atoms with E-state index in [0.717, 1.165) is 31.9 Å². The Hall–Kier alpha value is -1.30. The first-order valence-corrected chi connectivity index (χ1v) is 7.10. The monoisotopic (exact) mass is 279 g/mol. The fraction of sp³-hybridized carbons (Fsp3) is 0.600. The Labute approximate surface area is 121 Å². The lowest BCUT2D eigenvalue weighted by Crippen LogP contribution is -2.53. The first kappa shape index (κ1) is 15.1. The van der Waals surface area contributed by atoms with Gasteiger partial charge in [0, 0.05) is 51.6 Å². The van der Waals surface area contributed by atoms with E-state index < -0.39 is 0 Å². The Morgan fingerprint density at radius 2 is 1.75 bits per heavy atom. The van der Waals surface area contributed by atoms with E-state index in [0.29, 0.717) is 19.2 Å². The molecule has 1 aliphatic heterocycles. The Morgan fingerprint density at radius 1 is 1.10 bits per heavy atom. The van der Waals surface area contributed by atoms with Gasteiger partial charge in [-0.05, 0) is 24.3 Å². The molecule has 1 aromatic rings. The number of anilines is 1. The number of benzene rings is 1. The van der Waals surface area contributed by atoms with Gasteiger partial charge in [0.2, 0.25) is 0 Å². The molecule has 5 nitrogen and oxygen atoms in total. The van der Waals surface area contributed by atoms with Gasteiger partial charge in [0.1, 0.15) is 5.75 Å². The van der Waals surface area contributed by atoms with E-state index in [2.05, 4.69) is 21.9 Å². The lowest BCUT2D eigenvalue weighted by Gasteiger charge is -2.39. The van der Waals surface area contributed by atoms with E-state index in [1.54, 1.807) is 14.2 Å². The third-order valence-electron chi connectivity index (χ3n) is 3.90. The predicted molar refractivity (Wildman–Crippen MR) is 81.5 cm³/mol. The lowest BCUT2D eigenvalue weighted by molar-refractivity contribution is 0.0900. The molecular weight excluding hydrogens is 254 g/mol. The number of hydrogen-bond acceptors (Lipinski definition) is 5. The maximum atomic E-state index is 5.82. The predicted octanol–water partition coefficient (Wildman–Crippen LogP) is 0.791. The zero-order valence-electron chi connectivity index (χ0n) is 12.4. The van der Waals surface area contributed by atoms with Crippen molar-refractivity contribution >= 4 is 5.69 Å². The van der Waals surface area contributed by atoms with E-state index in [-0.39, 0.29) is 0 Å². The molecule has 112 valence electrons. The molecule has 1 unspecified atom stereocenters. The number of nitrogens with two attached hydrogens (primary N) is 1. The van der Waals surface area contributed by atoms with Crippen molar-refractivity contribution in [3.63, 3.8) is 0 Å². The molecule has 2 N–H and O–H groups in total. The SMILES string of the molecule is COCC(CN)N1CCN(c2ccc(OC)cc2)CC1. The summed E-state index contributed by atoms with van der Waals surface area (Å²) in [5.74, 6) is 0.899. The number of nitrogens with zero attached hydrogens (tertiary/aromatic N) is 2. The van der Waals surface area contributed by atoms with Gasteiger partial charge in [-0.15, -0.1) is 0 Å². The molecule has 1 aromatic carbocycles. The fourth-order valence-corrected chi connectivity index (χ4v) is 2.65. The van der Waals surface area contributed by atoms with E-state index in [9.17, 15) is 0 Å². The molecule has 2 rings (SSSR count). The summed E-state index contributed by atoms with van der Waals surface area (Å²) in [6.45, 7) is 5.45. The third-order valence-corrected chi connectivity index (χ3v) is 3.90. The first-order valence-electron chi connectivity index (χ1n) is 7.10. The smallest absolute Gasteiger partial charge is 0.119 e. The summed E-state index contributed by atoms with van der Waals surface area (Å²) in [5.41, 5.74) is 7.07. The van der Waals surface area contributed by atoms with Crippen LogP contribution in [0.3, 0.4) is 0 Å². The molecule has 0 spiro atoms. The van der Waals surface area contributed by atoms with Crippen molar-refractivity contribution in [1.82, 2.24) is 4.90 Å². The highest BCUT2D eigenvalue weighted by molar-refractivity contribution is 5.49. The van der Waals surface area contributed by atoms with Crippen LogP contribution in [-0.4, -0.2) is 64.5 Å². The molecule has 0 aliphatic carbocycles. The van der Waals surface area contributed by atoms with Gasteiger partial charge in [0.05, 0.1) is 13.7 Å². The van der Waals surface area contributed by atoms with Crippen LogP contribution in [0.1, 0.15) is 0 Å². The standard InChI is InChI=1S/C15H25N3O2/c1-19-12-14(11-16)18-9-7-17(8-10-18)13-3-5-15(20-2)6-4-13/h3-6,14H,7-12,16H2,1-2H3. The molecule has 1 atom stereocenters. The molecule has 1 heterocycles. The molecule has 0 saturated carbocycles. The van der Waals surface area contributed by atoms with Crippen LogP contribution < -0.4 is 15.4 Å². The maximum Gasteiger partial charge on any atom is 0.119 e. The van der Waals surface area contributed by atoms with Crippen LogP contribution in [-0.2, 0) is 4.74 Å². The quantitative estimate of drug-likeness (QED) is 0.834. The van der Waals surface area contributed by atoms with Crippen LogP contribution in [0.2, 0.25) is 0 Å². The molecule has 5 heteroatoms. The second-order valence-electron chi connectivity index (χ2n) is 5.07.